The lowest BCUT2D eigenvalue weighted by atomic mass is 9.87. The van der Waals surface area contributed by atoms with Gasteiger partial charge in [0.2, 0.25) is 5.89 Å². The first-order chi connectivity index (χ1) is 11.6. The Morgan fingerprint density at radius 3 is 2.52 bits per heavy atom. The molecule has 0 saturated carbocycles. The number of carbonyl (C=O) groups is 1. The van der Waals surface area contributed by atoms with Gasteiger partial charge in [0.15, 0.2) is 5.58 Å². The Morgan fingerprint density at radius 2 is 1.92 bits per heavy atom. The minimum absolute atomic E-state index is 0.0602. The quantitative estimate of drug-likeness (QED) is 0.559. The Hall–Kier alpha value is -3.22. The van der Waals surface area contributed by atoms with Crippen LogP contribution in [-0.2, 0) is 5.41 Å². The summed E-state index contributed by atoms with van der Waals surface area (Å²) >= 11 is 0. The molecule has 0 radical (unpaired) electrons. The third-order valence-electron chi connectivity index (χ3n) is 3.88. The maximum Gasteiger partial charge on any atom is 0.335 e. The number of fused-ring (bicyclic) bond motifs is 1. The summed E-state index contributed by atoms with van der Waals surface area (Å²) in [7, 11) is 0. The standard InChI is InChI=1S/C18H16N2O5/c1-18(2,3)12-4-5-15-14(9-12)19-16(25-15)10-6-11(17(21)22)8-13(7-10)20(23)24/h4-9H,1-3H3,(H,21,22). The molecule has 1 N–H and O–H groups in total. The molecular weight excluding hydrogens is 324 g/mol. The number of hydrogen-bond acceptors (Lipinski definition) is 5. The first-order valence-corrected chi connectivity index (χ1v) is 7.59. The number of oxazole rings is 1. The Bertz CT molecular complexity index is 966. The molecule has 7 heteroatoms. The third kappa shape index (κ3) is 3.21. The molecule has 0 aliphatic heterocycles. The predicted molar refractivity (Wildman–Crippen MR) is 91.8 cm³/mol. The first kappa shape index (κ1) is 16.6. The van der Waals surface area contributed by atoms with Crippen LogP contribution < -0.4 is 0 Å². The van der Waals surface area contributed by atoms with Crippen molar-refractivity contribution < 1.29 is 19.2 Å². The van der Waals surface area contributed by atoms with E-state index >= 15 is 0 Å². The molecule has 2 aromatic carbocycles. The summed E-state index contributed by atoms with van der Waals surface area (Å²) in [4.78, 5) is 26.0. The van der Waals surface area contributed by atoms with Crippen molar-refractivity contribution in [3.63, 3.8) is 0 Å². The molecule has 0 aliphatic carbocycles. The summed E-state index contributed by atoms with van der Waals surface area (Å²) in [6.07, 6.45) is 0. The zero-order valence-electron chi connectivity index (χ0n) is 13.9. The summed E-state index contributed by atoms with van der Waals surface area (Å²) in [6, 6.07) is 9.20. The second-order valence-corrected chi connectivity index (χ2v) is 6.78. The van der Waals surface area contributed by atoms with Crippen LogP contribution in [0.4, 0.5) is 5.69 Å². The van der Waals surface area contributed by atoms with E-state index in [1.165, 1.54) is 12.1 Å². The van der Waals surface area contributed by atoms with E-state index in [4.69, 9.17) is 9.52 Å². The number of hydrogen-bond donors (Lipinski definition) is 1. The van der Waals surface area contributed by atoms with Gasteiger partial charge in [-0.05, 0) is 29.2 Å². The van der Waals surface area contributed by atoms with Crippen molar-refractivity contribution in [2.75, 3.05) is 0 Å². The lowest BCUT2D eigenvalue weighted by Crippen LogP contribution is -2.10. The van der Waals surface area contributed by atoms with E-state index in [0.717, 1.165) is 11.6 Å². The summed E-state index contributed by atoms with van der Waals surface area (Å²) in [6.45, 7) is 6.23. The smallest absolute Gasteiger partial charge is 0.335 e. The molecule has 1 heterocycles. The average Bonchev–Trinajstić information content (AvgIpc) is 2.96. The number of nitro benzene ring substituents is 1. The van der Waals surface area contributed by atoms with Gasteiger partial charge in [0.05, 0.1) is 10.5 Å². The van der Waals surface area contributed by atoms with E-state index in [2.05, 4.69) is 25.8 Å². The Labute approximate surface area is 143 Å². The van der Waals surface area contributed by atoms with Gasteiger partial charge in [-0.2, -0.15) is 0 Å². The fraction of sp³-hybridized carbons (Fsp3) is 0.222. The number of carboxylic acids is 1. The molecule has 3 rings (SSSR count). The summed E-state index contributed by atoms with van der Waals surface area (Å²) in [5.74, 6) is -1.11. The van der Waals surface area contributed by atoms with E-state index in [-0.39, 0.29) is 28.1 Å². The van der Waals surface area contributed by atoms with Gasteiger partial charge in [-0.1, -0.05) is 26.8 Å². The SMILES string of the molecule is CC(C)(C)c1ccc2oc(-c3cc(C(=O)O)cc([N+](=O)[O-])c3)nc2c1. The molecule has 7 nitrogen and oxygen atoms in total. The monoisotopic (exact) mass is 340 g/mol. The van der Waals surface area contributed by atoms with Gasteiger partial charge in [0.25, 0.3) is 5.69 Å². The molecule has 0 saturated heterocycles. The number of non-ortho nitro benzene ring substituents is 1. The van der Waals surface area contributed by atoms with Gasteiger partial charge in [0.1, 0.15) is 5.52 Å². The minimum Gasteiger partial charge on any atom is -0.478 e. The second kappa shape index (κ2) is 5.70. The fourth-order valence-electron chi connectivity index (χ4n) is 2.48. The maximum absolute atomic E-state index is 11.2. The Kier molecular flexibility index (Phi) is 3.79. The van der Waals surface area contributed by atoms with Crippen molar-refractivity contribution in [2.24, 2.45) is 0 Å². The molecule has 25 heavy (non-hydrogen) atoms. The molecule has 0 unspecified atom stereocenters. The van der Waals surface area contributed by atoms with Crippen molar-refractivity contribution in [3.05, 3.63) is 57.6 Å². The highest BCUT2D eigenvalue weighted by Crippen LogP contribution is 2.31. The van der Waals surface area contributed by atoms with Gasteiger partial charge in [-0.3, -0.25) is 10.1 Å². The van der Waals surface area contributed by atoms with E-state index < -0.39 is 10.9 Å². The van der Waals surface area contributed by atoms with E-state index in [1.54, 1.807) is 6.07 Å². The number of aromatic carboxylic acids is 1. The number of rotatable bonds is 3. The largest absolute Gasteiger partial charge is 0.478 e. The molecular formula is C18H16N2O5. The number of benzene rings is 2. The highest BCUT2D eigenvalue weighted by Gasteiger charge is 2.19. The van der Waals surface area contributed by atoms with Crippen molar-refractivity contribution in [2.45, 2.75) is 26.2 Å². The van der Waals surface area contributed by atoms with Gasteiger partial charge < -0.3 is 9.52 Å². The third-order valence-corrected chi connectivity index (χ3v) is 3.88. The van der Waals surface area contributed by atoms with Gasteiger partial charge in [-0.15, -0.1) is 0 Å². The number of nitro groups is 1. The molecule has 1 aromatic heterocycles. The van der Waals surface area contributed by atoms with E-state index in [9.17, 15) is 14.9 Å². The summed E-state index contributed by atoms with van der Waals surface area (Å²) in [5, 5.41) is 20.2. The zero-order chi connectivity index (χ0) is 18.4. The lowest BCUT2D eigenvalue weighted by molar-refractivity contribution is -0.384. The van der Waals surface area contributed by atoms with Crippen LogP contribution in [0.2, 0.25) is 0 Å². The Morgan fingerprint density at radius 1 is 1.20 bits per heavy atom. The molecule has 0 amide bonds. The van der Waals surface area contributed by atoms with Crippen LogP contribution in [0.5, 0.6) is 0 Å². The maximum atomic E-state index is 11.2. The van der Waals surface area contributed by atoms with Crippen LogP contribution in [0.25, 0.3) is 22.6 Å². The normalized spacial score (nSPS) is 11.6. The second-order valence-electron chi connectivity index (χ2n) is 6.78. The fourth-order valence-corrected chi connectivity index (χ4v) is 2.48. The van der Waals surface area contributed by atoms with E-state index in [0.29, 0.717) is 11.1 Å². The molecule has 0 aliphatic rings. The van der Waals surface area contributed by atoms with Crippen LogP contribution in [0, 0.1) is 10.1 Å². The van der Waals surface area contributed by atoms with Gasteiger partial charge in [-0.25, -0.2) is 9.78 Å². The molecule has 0 fully saturated rings. The van der Waals surface area contributed by atoms with Crippen molar-refractivity contribution in [3.8, 4) is 11.5 Å². The van der Waals surface area contributed by atoms with Gasteiger partial charge in [0, 0.05) is 17.7 Å². The topological polar surface area (TPSA) is 106 Å². The zero-order valence-corrected chi connectivity index (χ0v) is 13.9. The highest BCUT2D eigenvalue weighted by atomic mass is 16.6. The Balaban J connectivity index is 2.16. The van der Waals surface area contributed by atoms with Crippen molar-refractivity contribution in [1.29, 1.82) is 0 Å². The number of nitrogens with zero attached hydrogens (tertiary/aromatic N) is 2. The van der Waals surface area contributed by atoms with Crippen LogP contribution in [-0.4, -0.2) is 21.0 Å². The first-order valence-electron chi connectivity index (χ1n) is 7.59. The molecule has 0 bridgehead atoms. The van der Waals surface area contributed by atoms with Crippen LogP contribution >= 0.6 is 0 Å². The summed E-state index contributed by atoms with van der Waals surface area (Å²) < 4.78 is 5.66. The molecule has 0 atom stereocenters. The van der Waals surface area contributed by atoms with Crippen molar-refractivity contribution in [1.82, 2.24) is 4.98 Å². The van der Waals surface area contributed by atoms with Crippen LogP contribution in [0.1, 0.15) is 36.7 Å². The molecule has 3 aromatic rings. The van der Waals surface area contributed by atoms with Crippen molar-refractivity contribution >= 4 is 22.8 Å². The number of carboxylic acid groups (broad SMARTS) is 1. The average molecular weight is 340 g/mol. The predicted octanol–water partition coefficient (Wildman–Crippen LogP) is 4.40. The summed E-state index contributed by atoms with van der Waals surface area (Å²) in [5.41, 5.74) is 1.90. The number of aromatic nitrogens is 1. The lowest BCUT2D eigenvalue weighted by Gasteiger charge is -2.18. The minimum atomic E-state index is -1.25. The highest BCUT2D eigenvalue weighted by molar-refractivity contribution is 5.90. The van der Waals surface area contributed by atoms with Crippen LogP contribution in [0.3, 0.4) is 0 Å². The van der Waals surface area contributed by atoms with Gasteiger partial charge >= 0.3 is 5.97 Å². The molecule has 0 spiro atoms. The molecule has 128 valence electrons. The van der Waals surface area contributed by atoms with E-state index in [1.807, 2.05) is 12.1 Å². The van der Waals surface area contributed by atoms with Crippen LogP contribution in [0.15, 0.2) is 40.8 Å².